The Morgan fingerprint density at radius 2 is 2.04 bits per heavy atom. The number of hydrogen-bond acceptors (Lipinski definition) is 4. The van der Waals surface area contributed by atoms with E-state index < -0.39 is 6.10 Å². The van der Waals surface area contributed by atoms with Crippen molar-refractivity contribution in [3.05, 3.63) is 30.1 Å². The zero-order valence-corrected chi connectivity index (χ0v) is 13.5. The maximum absolute atomic E-state index is 11.9. The highest BCUT2D eigenvalue weighted by atomic mass is 16.3. The van der Waals surface area contributed by atoms with Gasteiger partial charge in [-0.3, -0.25) is 14.6 Å². The Kier molecular flexibility index (Phi) is 7.20. The average Bonchev–Trinajstić information content (AvgIpc) is 2.61. The Labute approximate surface area is 137 Å². The molecule has 0 aromatic carbocycles. The van der Waals surface area contributed by atoms with Gasteiger partial charge in [0.2, 0.25) is 5.91 Å². The molecule has 5 heteroatoms. The van der Waals surface area contributed by atoms with E-state index in [9.17, 15) is 14.7 Å². The monoisotopic (exact) mass is 318 g/mol. The molecule has 1 aromatic heterocycles. The first-order valence-corrected chi connectivity index (χ1v) is 8.57. The number of aromatic nitrogens is 1. The molecule has 1 aromatic rings. The smallest absolute Gasteiger partial charge is 0.248 e. The summed E-state index contributed by atoms with van der Waals surface area (Å²) in [4.78, 5) is 27.8. The molecular weight excluding hydrogens is 292 g/mol. The number of aliphatic hydroxyl groups is 1. The summed E-state index contributed by atoms with van der Waals surface area (Å²) in [7, 11) is 0. The fourth-order valence-corrected chi connectivity index (χ4v) is 3.00. The third-order valence-electron chi connectivity index (χ3n) is 4.42. The van der Waals surface area contributed by atoms with Crippen molar-refractivity contribution in [2.75, 3.05) is 6.54 Å². The summed E-state index contributed by atoms with van der Waals surface area (Å²) in [6.07, 6.45) is 7.71. The van der Waals surface area contributed by atoms with E-state index in [1.54, 1.807) is 24.4 Å². The van der Waals surface area contributed by atoms with E-state index in [-0.39, 0.29) is 11.7 Å². The number of nitrogens with one attached hydrogen (secondary N) is 1. The predicted molar refractivity (Wildman–Crippen MR) is 88.0 cm³/mol. The van der Waals surface area contributed by atoms with Crippen LogP contribution in [0.5, 0.6) is 0 Å². The number of carbonyl (C=O) groups excluding carboxylic acids is 2. The molecule has 1 amide bonds. The summed E-state index contributed by atoms with van der Waals surface area (Å²) in [6.45, 7) is 0.656. The molecule has 1 fully saturated rings. The lowest BCUT2D eigenvalue weighted by Crippen LogP contribution is -2.37. The van der Waals surface area contributed by atoms with E-state index in [1.807, 2.05) is 0 Å². The molecule has 5 nitrogen and oxygen atoms in total. The van der Waals surface area contributed by atoms with Gasteiger partial charge in [0.15, 0.2) is 5.78 Å². The molecule has 1 atom stereocenters. The van der Waals surface area contributed by atoms with Crippen LogP contribution in [0.25, 0.3) is 0 Å². The number of rotatable bonds is 8. The van der Waals surface area contributed by atoms with Crippen LogP contribution in [0.15, 0.2) is 24.4 Å². The fraction of sp³-hybridized carbons (Fsp3) is 0.611. The fourth-order valence-electron chi connectivity index (χ4n) is 3.00. The van der Waals surface area contributed by atoms with Gasteiger partial charge in [0.25, 0.3) is 0 Å². The van der Waals surface area contributed by atoms with Crippen LogP contribution < -0.4 is 5.32 Å². The molecule has 1 heterocycles. The summed E-state index contributed by atoms with van der Waals surface area (Å²) < 4.78 is 0. The van der Waals surface area contributed by atoms with Crippen molar-refractivity contribution in [1.29, 1.82) is 0 Å². The second kappa shape index (κ2) is 9.40. The molecule has 23 heavy (non-hydrogen) atoms. The van der Waals surface area contributed by atoms with Gasteiger partial charge in [0, 0.05) is 19.2 Å². The Bertz CT molecular complexity index is 498. The SMILES string of the molecule is O=C(CCC[C@H](O)C(=O)NCC1CCCCC1)c1ccccn1. The minimum Gasteiger partial charge on any atom is -0.383 e. The molecule has 0 unspecified atom stereocenters. The molecule has 1 aliphatic rings. The summed E-state index contributed by atoms with van der Waals surface area (Å²) in [5.41, 5.74) is 0.434. The number of aliphatic hydroxyl groups excluding tert-OH is 1. The van der Waals surface area contributed by atoms with E-state index in [4.69, 9.17) is 0 Å². The predicted octanol–water partition coefficient (Wildman–Crippen LogP) is 2.49. The van der Waals surface area contributed by atoms with Gasteiger partial charge in [-0.05, 0) is 43.7 Å². The van der Waals surface area contributed by atoms with Crippen LogP contribution in [0.4, 0.5) is 0 Å². The van der Waals surface area contributed by atoms with Gasteiger partial charge in [-0.1, -0.05) is 25.3 Å². The highest BCUT2D eigenvalue weighted by Gasteiger charge is 2.18. The molecule has 0 radical (unpaired) electrons. The molecule has 0 aliphatic heterocycles. The van der Waals surface area contributed by atoms with E-state index >= 15 is 0 Å². The van der Waals surface area contributed by atoms with Gasteiger partial charge in [0.05, 0.1) is 0 Å². The second-order valence-corrected chi connectivity index (χ2v) is 6.30. The lowest BCUT2D eigenvalue weighted by atomic mass is 9.89. The third-order valence-corrected chi connectivity index (χ3v) is 4.42. The topological polar surface area (TPSA) is 79.3 Å². The van der Waals surface area contributed by atoms with Crippen molar-refractivity contribution in [2.45, 2.75) is 57.5 Å². The normalized spacial score (nSPS) is 16.7. The van der Waals surface area contributed by atoms with E-state index in [2.05, 4.69) is 10.3 Å². The average molecular weight is 318 g/mol. The van der Waals surface area contributed by atoms with Gasteiger partial charge < -0.3 is 10.4 Å². The van der Waals surface area contributed by atoms with Crippen LogP contribution in [0.2, 0.25) is 0 Å². The minimum absolute atomic E-state index is 0.0552. The van der Waals surface area contributed by atoms with Gasteiger partial charge >= 0.3 is 0 Å². The van der Waals surface area contributed by atoms with Crippen molar-refractivity contribution >= 4 is 11.7 Å². The van der Waals surface area contributed by atoms with Crippen LogP contribution in [0.3, 0.4) is 0 Å². The van der Waals surface area contributed by atoms with Gasteiger partial charge in [-0.2, -0.15) is 0 Å². The minimum atomic E-state index is -1.03. The van der Waals surface area contributed by atoms with Crippen LogP contribution in [-0.2, 0) is 4.79 Å². The lowest BCUT2D eigenvalue weighted by Gasteiger charge is -2.22. The molecule has 126 valence electrons. The van der Waals surface area contributed by atoms with E-state index in [0.717, 1.165) is 12.8 Å². The molecule has 1 aliphatic carbocycles. The zero-order valence-electron chi connectivity index (χ0n) is 13.5. The quantitative estimate of drug-likeness (QED) is 0.722. The number of nitrogens with zero attached hydrogens (tertiary/aromatic N) is 1. The first kappa shape index (κ1) is 17.6. The van der Waals surface area contributed by atoms with Crippen molar-refractivity contribution in [3.63, 3.8) is 0 Å². The van der Waals surface area contributed by atoms with Crippen molar-refractivity contribution < 1.29 is 14.7 Å². The first-order chi connectivity index (χ1) is 11.2. The Morgan fingerprint density at radius 3 is 2.74 bits per heavy atom. The number of hydrogen-bond donors (Lipinski definition) is 2. The van der Waals surface area contributed by atoms with Crippen LogP contribution in [-0.4, -0.2) is 34.4 Å². The first-order valence-electron chi connectivity index (χ1n) is 8.57. The number of ketones is 1. The van der Waals surface area contributed by atoms with Gasteiger partial charge in [-0.15, -0.1) is 0 Å². The van der Waals surface area contributed by atoms with Crippen LogP contribution in [0, 0.1) is 5.92 Å². The summed E-state index contributed by atoms with van der Waals surface area (Å²) >= 11 is 0. The lowest BCUT2D eigenvalue weighted by molar-refractivity contribution is -0.129. The summed E-state index contributed by atoms with van der Waals surface area (Å²) in [6, 6.07) is 5.21. The molecule has 0 saturated heterocycles. The maximum Gasteiger partial charge on any atom is 0.248 e. The third kappa shape index (κ3) is 6.10. The second-order valence-electron chi connectivity index (χ2n) is 6.30. The van der Waals surface area contributed by atoms with Crippen molar-refractivity contribution in [3.8, 4) is 0 Å². The molecular formula is C18H26N2O3. The number of Topliss-reactive ketones (excluding diaryl/α,β-unsaturated/α-hetero) is 1. The van der Waals surface area contributed by atoms with Crippen LogP contribution >= 0.6 is 0 Å². The van der Waals surface area contributed by atoms with Gasteiger partial charge in [-0.25, -0.2) is 0 Å². The Balaban J connectivity index is 1.62. The molecule has 0 bridgehead atoms. The van der Waals surface area contributed by atoms with Crippen molar-refractivity contribution in [1.82, 2.24) is 10.3 Å². The highest BCUT2D eigenvalue weighted by Crippen LogP contribution is 2.22. The molecule has 1 saturated carbocycles. The maximum atomic E-state index is 11.9. The number of amides is 1. The van der Waals surface area contributed by atoms with E-state index in [0.29, 0.717) is 37.4 Å². The number of pyridine rings is 1. The zero-order chi connectivity index (χ0) is 16.5. The Morgan fingerprint density at radius 1 is 1.26 bits per heavy atom. The standard InChI is InChI=1S/C18H26N2O3/c21-16(15-9-4-5-12-19-15)10-6-11-17(22)18(23)20-13-14-7-2-1-3-8-14/h4-5,9,12,14,17,22H,1-3,6-8,10-11,13H2,(H,20,23)/t17-/m0/s1. The molecule has 0 spiro atoms. The Hall–Kier alpha value is -1.75. The van der Waals surface area contributed by atoms with Gasteiger partial charge in [0.1, 0.15) is 11.8 Å². The summed E-state index contributed by atoms with van der Waals surface area (Å²) in [5, 5.41) is 12.7. The molecule has 2 rings (SSSR count). The van der Waals surface area contributed by atoms with Crippen LogP contribution in [0.1, 0.15) is 61.9 Å². The largest absolute Gasteiger partial charge is 0.383 e. The van der Waals surface area contributed by atoms with E-state index in [1.165, 1.54) is 19.3 Å². The molecule has 2 N–H and O–H groups in total. The number of carbonyl (C=O) groups is 2. The summed E-state index contributed by atoms with van der Waals surface area (Å²) in [5.74, 6) is 0.173. The van der Waals surface area contributed by atoms with Crippen molar-refractivity contribution in [2.24, 2.45) is 5.92 Å². The highest BCUT2D eigenvalue weighted by molar-refractivity contribution is 5.94.